The zero-order chi connectivity index (χ0) is 12.8. The Hall–Kier alpha value is -0.940. The third-order valence-corrected chi connectivity index (χ3v) is 2.57. The second kappa shape index (κ2) is 6.71. The molecule has 0 bridgehead atoms. The van der Waals surface area contributed by atoms with E-state index in [4.69, 9.17) is 5.73 Å². The monoisotopic (exact) mass is 239 g/mol. The van der Waals surface area contributed by atoms with Crippen LogP contribution in [0.1, 0.15) is 39.6 Å². The summed E-state index contributed by atoms with van der Waals surface area (Å²) in [4.78, 5) is 6.68. The summed E-state index contributed by atoms with van der Waals surface area (Å²) in [6, 6.07) is 0.353. The molecule has 1 aromatic heterocycles. The summed E-state index contributed by atoms with van der Waals surface area (Å²) in [5.41, 5.74) is 5.65. The van der Waals surface area contributed by atoms with Gasteiger partial charge in [-0.1, -0.05) is 13.8 Å². The Bertz CT molecular complexity index is 318. The Balaban J connectivity index is 2.67. The third kappa shape index (κ3) is 4.44. The van der Waals surface area contributed by atoms with Crippen LogP contribution in [0.5, 0.6) is 0 Å². The first-order chi connectivity index (χ1) is 8.04. The van der Waals surface area contributed by atoms with Gasteiger partial charge in [0.05, 0.1) is 6.54 Å². The van der Waals surface area contributed by atoms with Gasteiger partial charge in [0.1, 0.15) is 12.2 Å². The largest absolute Gasteiger partial charge is 0.329 e. The van der Waals surface area contributed by atoms with Crippen molar-refractivity contribution in [2.24, 2.45) is 11.7 Å². The Morgan fingerprint density at radius 3 is 2.59 bits per heavy atom. The minimum atomic E-state index is 0.353. The topological polar surface area (TPSA) is 60.0 Å². The van der Waals surface area contributed by atoms with Crippen LogP contribution in [0.25, 0.3) is 0 Å². The van der Waals surface area contributed by atoms with Crippen molar-refractivity contribution in [1.82, 2.24) is 19.7 Å². The number of aromatic nitrogens is 3. The van der Waals surface area contributed by atoms with E-state index < -0.39 is 0 Å². The van der Waals surface area contributed by atoms with Crippen molar-refractivity contribution in [2.45, 2.75) is 40.3 Å². The van der Waals surface area contributed by atoms with Crippen LogP contribution in [0, 0.1) is 5.92 Å². The molecule has 5 heteroatoms. The van der Waals surface area contributed by atoms with Crippen LogP contribution in [-0.4, -0.2) is 39.3 Å². The molecule has 1 rings (SSSR count). The highest BCUT2D eigenvalue weighted by Crippen LogP contribution is 2.09. The van der Waals surface area contributed by atoms with Gasteiger partial charge in [-0.05, 0) is 19.8 Å². The zero-order valence-electron chi connectivity index (χ0n) is 11.4. The van der Waals surface area contributed by atoms with Crippen molar-refractivity contribution in [3.8, 4) is 0 Å². The molecule has 17 heavy (non-hydrogen) atoms. The molecule has 5 nitrogen and oxygen atoms in total. The van der Waals surface area contributed by atoms with Crippen LogP contribution in [0.15, 0.2) is 6.33 Å². The molecule has 1 heterocycles. The summed E-state index contributed by atoms with van der Waals surface area (Å²) in [6.07, 6.45) is 1.63. The smallest absolute Gasteiger partial charge is 0.141 e. The fourth-order valence-electron chi connectivity index (χ4n) is 1.95. The summed E-state index contributed by atoms with van der Waals surface area (Å²) in [7, 11) is 0. The van der Waals surface area contributed by atoms with Gasteiger partial charge in [0, 0.05) is 25.7 Å². The lowest BCUT2D eigenvalue weighted by Crippen LogP contribution is -2.33. The van der Waals surface area contributed by atoms with Gasteiger partial charge in [-0.15, -0.1) is 0 Å². The van der Waals surface area contributed by atoms with Crippen molar-refractivity contribution in [3.63, 3.8) is 0 Å². The van der Waals surface area contributed by atoms with E-state index in [0.717, 1.165) is 25.5 Å². The Morgan fingerprint density at radius 2 is 2.06 bits per heavy atom. The van der Waals surface area contributed by atoms with Crippen molar-refractivity contribution in [2.75, 3.05) is 19.6 Å². The molecule has 0 spiro atoms. The van der Waals surface area contributed by atoms with Gasteiger partial charge in [0.15, 0.2) is 0 Å². The van der Waals surface area contributed by atoms with Crippen LogP contribution in [0.4, 0.5) is 0 Å². The molecule has 2 N–H and O–H groups in total. The Morgan fingerprint density at radius 1 is 1.35 bits per heavy atom. The number of hydrogen-bond donors (Lipinski definition) is 1. The molecule has 0 aliphatic heterocycles. The first-order valence-corrected chi connectivity index (χ1v) is 6.35. The highest BCUT2D eigenvalue weighted by atomic mass is 15.4. The van der Waals surface area contributed by atoms with Crippen LogP contribution in [0.2, 0.25) is 0 Å². The molecule has 0 radical (unpaired) electrons. The van der Waals surface area contributed by atoms with Gasteiger partial charge in [-0.25, -0.2) is 9.67 Å². The van der Waals surface area contributed by atoms with Gasteiger partial charge in [0.2, 0.25) is 0 Å². The van der Waals surface area contributed by atoms with Crippen LogP contribution >= 0.6 is 0 Å². The lowest BCUT2D eigenvalue weighted by atomic mass is 10.2. The molecule has 0 aliphatic carbocycles. The summed E-state index contributed by atoms with van der Waals surface area (Å²) >= 11 is 0. The van der Waals surface area contributed by atoms with E-state index in [-0.39, 0.29) is 0 Å². The van der Waals surface area contributed by atoms with Crippen LogP contribution < -0.4 is 5.73 Å². The average molecular weight is 239 g/mol. The molecule has 0 atom stereocenters. The lowest BCUT2D eigenvalue weighted by molar-refractivity contribution is 0.231. The first kappa shape index (κ1) is 14.1. The maximum atomic E-state index is 5.65. The predicted molar refractivity (Wildman–Crippen MR) is 69.6 cm³/mol. The maximum absolute atomic E-state index is 5.65. The van der Waals surface area contributed by atoms with Crippen molar-refractivity contribution in [3.05, 3.63) is 12.2 Å². The van der Waals surface area contributed by atoms with E-state index >= 15 is 0 Å². The summed E-state index contributed by atoms with van der Waals surface area (Å²) in [6.45, 7) is 12.1. The van der Waals surface area contributed by atoms with Gasteiger partial charge in [-0.2, -0.15) is 5.10 Å². The summed E-state index contributed by atoms with van der Waals surface area (Å²) < 4.78 is 1.98. The Labute approximate surface area is 104 Å². The van der Waals surface area contributed by atoms with Gasteiger partial charge in [-0.3, -0.25) is 4.90 Å². The Kier molecular flexibility index (Phi) is 5.58. The molecule has 0 aliphatic rings. The van der Waals surface area contributed by atoms with E-state index in [1.165, 1.54) is 0 Å². The first-order valence-electron chi connectivity index (χ1n) is 6.35. The molecule has 0 aromatic carbocycles. The predicted octanol–water partition coefficient (Wildman–Crippen LogP) is 1.28. The van der Waals surface area contributed by atoms with E-state index in [1.807, 2.05) is 4.68 Å². The SMILES string of the molecule is CC(C)CN(CCN)Cc1ncnn1C(C)C. The van der Waals surface area contributed by atoms with Gasteiger partial charge in [0.25, 0.3) is 0 Å². The minimum absolute atomic E-state index is 0.353. The third-order valence-electron chi connectivity index (χ3n) is 2.57. The van der Waals surface area contributed by atoms with Crippen molar-refractivity contribution >= 4 is 0 Å². The fourth-order valence-corrected chi connectivity index (χ4v) is 1.95. The molecule has 1 aromatic rings. The zero-order valence-corrected chi connectivity index (χ0v) is 11.4. The second-order valence-electron chi connectivity index (χ2n) is 5.13. The van der Waals surface area contributed by atoms with E-state index in [2.05, 4.69) is 42.7 Å². The fraction of sp³-hybridized carbons (Fsp3) is 0.833. The molecule has 0 fully saturated rings. The highest BCUT2D eigenvalue weighted by molar-refractivity contribution is 4.86. The molecule has 0 amide bonds. The summed E-state index contributed by atoms with van der Waals surface area (Å²) in [5, 5.41) is 4.26. The van der Waals surface area contributed by atoms with E-state index in [9.17, 15) is 0 Å². The number of hydrogen-bond acceptors (Lipinski definition) is 4. The normalized spacial score (nSPS) is 12.0. The molecular formula is C12H25N5. The van der Waals surface area contributed by atoms with E-state index in [0.29, 0.717) is 18.5 Å². The number of rotatable bonds is 7. The van der Waals surface area contributed by atoms with E-state index in [1.54, 1.807) is 6.33 Å². The molecule has 0 saturated carbocycles. The molecular weight excluding hydrogens is 214 g/mol. The van der Waals surface area contributed by atoms with Crippen molar-refractivity contribution < 1.29 is 0 Å². The molecule has 0 saturated heterocycles. The van der Waals surface area contributed by atoms with Crippen LogP contribution in [-0.2, 0) is 6.54 Å². The van der Waals surface area contributed by atoms with Crippen LogP contribution in [0.3, 0.4) is 0 Å². The second-order valence-corrected chi connectivity index (χ2v) is 5.13. The van der Waals surface area contributed by atoms with Gasteiger partial charge < -0.3 is 5.73 Å². The number of nitrogens with two attached hydrogens (primary N) is 1. The quantitative estimate of drug-likeness (QED) is 0.778. The average Bonchev–Trinajstić information content (AvgIpc) is 2.65. The lowest BCUT2D eigenvalue weighted by Gasteiger charge is -2.23. The number of nitrogens with zero attached hydrogens (tertiary/aromatic N) is 4. The van der Waals surface area contributed by atoms with Gasteiger partial charge >= 0.3 is 0 Å². The molecule has 98 valence electrons. The molecule has 0 unspecified atom stereocenters. The minimum Gasteiger partial charge on any atom is -0.329 e. The van der Waals surface area contributed by atoms with Crippen molar-refractivity contribution in [1.29, 1.82) is 0 Å². The highest BCUT2D eigenvalue weighted by Gasteiger charge is 2.13. The maximum Gasteiger partial charge on any atom is 0.141 e. The summed E-state index contributed by atoms with van der Waals surface area (Å²) in [5.74, 6) is 1.66. The standard InChI is InChI=1S/C12H25N5/c1-10(2)7-16(6-5-13)8-12-14-9-15-17(12)11(3)4/h9-11H,5-8,13H2,1-4H3.